The van der Waals surface area contributed by atoms with Crippen LogP contribution in [0.3, 0.4) is 0 Å². The van der Waals surface area contributed by atoms with Crippen molar-refractivity contribution >= 4 is 11.9 Å². The van der Waals surface area contributed by atoms with E-state index in [4.69, 9.17) is 0 Å². The number of rotatable bonds is 2. The molecule has 2 amide bonds. The lowest BCUT2D eigenvalue weighted by molar-refractivity contribution is -0.212. The van der Waals surface area contributed by atoms with Crippen molar-refractivity contribution in [1.82, 2.24) is 9.80 Å². The molecule has 2 fully saturated rings. The molecule has 5 heteroatoms. The van der Waals surface area contributed by atoms with Crippen LogP contribution in [-0.2, 0) is 0 Å². The monoisotopic (exact) mass is 398 g/mol. The summed E-state index contributed by atoms with van der Waals surface area (Å²) < 4.78 is 0. The van der Waals surface area contributed by atoms with Gasteiger partial charge >= 0.3 is 6.03 Å². The molecule has 0 aliphatic carbocycles. The Morgan fingerprint density at radius 3 is 2.03 bits per heavy atom. The third-order valence-electron chi connectivity index (χ3n) is 7.31. The molecule has 5 nitrogen and oxygen atoms in total. The Morgan fingerprint density at radius 1 is 1.00 bits per heavy atom. The predicted octanol–water partition coefficient (Wildman–Crippen LogP) is 3.83. The summed E-state index contributed by atoms with van der Waals surface area (Å²) in [6, 6.07) is 6.79. The zero-order valence-electron chi connectivity index (χ0n) is 18.9. The van der Waals surface area contributed by atoms with E-state index in [1.54, 1.807) is 17.0 Å². The maximum atomic E-state index is 12.5. The van der Waals surface area contributed by atoms with Gasteiger partial charge in [-0.05, 0) is 84.7 Å². The van der Waals surface area contributed by atoms with Crippen LogP contribution < -0.4 is 5.11 Å². The van der Waals surface area contributed by atoms with Gasteiger partial charge in [0, 0.05) is 30.1 Å². The summed E-state index contributed by atoms with van der Waals surface area (Å²) in [6.45, 7) is 12.7. The highest BCUT2D eigenvalue weighted by molar-refractivity contribution is 5.98. The van der Waals surface area contributed by atoms with Gasteiger partial charge in [-0.2, -0.15) is 0 Å². The predicted molar refractivity (Wildman–Crippen MR) is 116 cm³/mol. The van der Waals surface area contributed by atoms with Gasteiger partial charge in [-0.1, -0.05) is 29.8 Å². The van der Waals surface area contributed by atoms with Crippen LogP contribution in [0.15, 0.2) is 29.3 Å². The number of hydrogen-bond donors (Lipinski definition) is 0. The topological polar surface area (TPSA) is 59.0 Å². The Labute approximate surface area is 175 Å². The molecule has 2 heterocycles. The third-order valence-corrected chi connectivity index (χ3v) is 7.31. The second-order valence-corrected chi connectivity index (χ2v) is 10.2. The van der Waals surface area contributed by atoms with Gasteiger partial charge < -0.3 is 10.0 Å². The first-order chi connectivity index (χ1) is 13.5. The number of piperidine rings is 2. The minimum atomic E-state index is -0.448. The molecule has 1 aromatic carbocycles. The molecule has 0 spiro atoms. The lowest BCUT2D eigenvalue weighted by Crippen LogP contribution is -2.59. The lowest BCUT2D eigenvalue weighted by atomic mass is 9.67. The maximum absolute atomic E-state index is 12.5. The third kappa shape index (κ3) is 4.82. The SMILES string of the molecule is Cc1ccc(C([O-])=NC(=O)N2CCC(C3CC(C)(C)N(C)C(C)(C)C3)CC2)cc1. The molecule has 0 unspecified atom stereocenters. The van der Waals surface area contributed by atoms with E-state index in [0.29, 0.717) is 30.5 Å². The summed E-state index contributed by atoms with van der Waals surface area (Å²) in [5.74, 6) is 0.870. The number of aryl methyl sites for hydroxylation is 1. The highest BCUT2D eigenvalue weighted by Gasteiger charge is 2.45. The first-order valence-electron chi connectivity index (χ1n) is 10.9. The second-order valence-electron chi connectivity index (χ2n) is 10.2. The van der Waals surface area contributed by atoms with Gasteiger partial charge in [-0.3, -0.25) is 4.90 Å². The van der Waals surface area contributed by atoms with Crippen molar-refractivity contribution in [1.29, 1.82) is 0 Å². The van der Waals surface area contributed by atoms with Crippen molar-refractivity contribution in [2.45, 2.75) is 71.4 Å². The molecule has 0 radical (unpaired) electrons. The molecular formula is C24H36N3O2-. The smallest absolute Gasteiger partial charge is 0.342 e. The van der Waals surface area contributed by atoms with E-state index < -0.39 is 11.9 Å². The molecule has 2 aliphatic heterocycles. The minimum absolute atomic E-state index is 0.190. The van der Waals surface area contributed by atoms with Crippen molar-refractivity contribution < 1.29 is 9.90 Å². The van der Waals surface area contributed by atoms with E-state index in [2.05, 4.69) is 44.6 Å². The van der Waals surface area contributed by atoms with Crippen LogP contribution in [0.5, 0.6) is 0 Å². The number of carbonyl (C=O) groups is 1. The summed E-state index contributed by atoms with van der Waals surface area (Å²) in [6.07, 6.45) is 4.39. The van der Waals surface area contributed by atoms with Gasteiger partial charge in [0.1, 0.15) is 0 Å². The van der Waals surface area contributed by atoms with Gasteiger partial charge in [0.05, 0.1) is 0 Å². The summed E-state index contributed by atoms with van der Waals surface area (Å²) in [7, 11) is 2.24. The number of urea groups is 1. The molecule has 2 aliphatic rings. The van der Waals surface area contributed by atoms with Crippen molar-refractivity contribution in [3.63, 3.8) is 0 Å². The van der Waals surface area contributed by atoms with Crippen molar-refractivity contribution in [3.8, 4) is 0 Å². The van der Waals surface area contributed by atoms with E-state index in [1.165, 1.54) is 12.8 Å². The first kappa shape index (κ1) is 21.8. The number of amides is 2. The summed E-state index contributed by atoms with van der Waals surface area (Å²) in [4.78, 5) is 20.6. The standard InChI is InChI=1S/C24H37N3O2/c1-17-7-9-19(10-8-17)21(28)25-22(29)27-13-11-18(12-14-27)20-15-23(2,3)26(6)24(4,5)16-20/h7-10,18,20H,11-16H2,1-6H3,(H,25,28,29)/p-1. The van der Waals surface area contributed by atoms with Gasteiger partial charge in [0.2, 0.25) is 0 Å². The molecule has 0 N–H and O–H groups in total. The van der Waals surface area contributed by atoms with Crippen molar-refractivity contribution in [3.05, 3.63) is 35.4 Å². The Hall–Kier alpha value is -1.88. The average Bonchev–Trinajstić information content (AvgIpc) is 2.66. The van der Waals surface area contributed by atoms with Crippen LogP contribution in [0.1, 0.15) is 64.5 Å². The van der Waals surface area contributed by atoms with Crippen molar-refractivity contribution in [2.75, 3.05) is 20.1 Å². The molecule has 29 heavy (non-hydrogen) atoms. The zero-order valence-corrected chi connectivity index (χ0v) is 18.9. The fourth-order valence-electron chi connectivity index (χ4n) is 5.26. The number of aliphatic imine (C=N–C) groups is 1. The minimum Gasteiger partial charge on any atom is -0.858 e. The average molecular weight is 399 g/mol. The van der Waals surface area contributed by atoms with E-state index in [-0.39, 0.29) is 11.1 Å². The molecule has 1 aromatic rings. The second kappa shape index (κ2) is 8.10. The lowest BCUT2D eigenvalue weighted by Gasteiger charge is -2.55. The van der Waals surface area contributed by atoms with Crippen LogP contribution >= 0.6 is 0 Å². The maximum Gasteiger partial charge on any atom is 0.342 e. The van der Waals surface area contributed by atoms with E-state index in [0.717, 1.165) is 18.4 Å². The largest absolute Gasteiger partial charge is 0.858 e. The molecule has 160 valence electrons. The molecule has 3 rings (SSSR count). The van der Waals surface area contributed by atoms with Gasteiger partial charge in [0.15, 0.2) is 0 Å². The zero-order chi connectivity index (χ0) is 21.4. The molecular weight excluding hydrogens is 362 g/mol. The quantitative estimate of drug-likeness (QED) is 0.562. The number of benzene rings is 1. The number of carbonyl (C=O) groups excluding carboxylic acids is 1. The van der Waals surface area contributed by atoms with Crippen molar-refractivity contribution in [2.24, 2.45) is 16.8 Å². The highest BCUT2D eigenvalue weighted by atomic mass is 16.3. The molecule has 0 atom stereocenters. The first-order valence-corrected chi connectivity index (χ1v) is 10.9. The summed E-state index contributed by atoms with van der Waals surface area (Å²) >= 11 is 0. The fraction of sp³-hybridized carbons (Fsp3) is 0.667. The van der Waals surface area contributed by atoms with Crippen LogP contribution in [0.25, 0.3) is 0 Å². The molecule has 0 saturated carbocycles. The van der Waals surface area contributed by atoms with Gasteiger partial charge in [-0.15, -0.1) is 0 Å². The highest BCUT2D eigenvalue weighted by Crippen LogP contribution is 2.45. The Kier molecular flexibility index (Phi) is 6.09. The van der Waals surface area contributed by atoms with E-state index in [9.17, 15) is 9.90 Å². The Balaban J connectivity index is 1.59. The van der Waals surface area contributed by atoms with Crippen LogP contribution in [-0.4, -0.2) is 52.9 Å². The summed E-state index contributed by atoms with van der Waals surface area (Å²) in [5.41, 5.74) is 1.93. The Morgan fingerprint density at radius 2 is 1.52 bits per heavy atom. The van der Waals surface area contributed by atoms with Crippen LogP contribution in [0.4, 0.5) is 4.79 Å². The van der Waals surface area contributed by atoms with Gasteiger partial charge in [-0.25, -0.2) is 9.79 Å². The van der Waals surface area contributed by atoms with Crippen LogP contribution in [0.2, 0.25) is 0 Å². The normalized spacial score (nSPS) is 23.9. The molecule has 2 saturated heterocycles. The van der Waals surface area contributed by atoms with Gasteiger partial charge in [0.25, 0.3) is 0 Å². The van der Waals surface area contributed by atoms with E-state index >= 15 is 0 Å². The summed E-state index contributed by atoms with van der Waals surface area (Å²) in [5, 5.41) is 12.3. The van der Waals surface area contributed by atoms with Crippen LogP contribution in [0, 0.1) is 18.8 Å². The molecule has 0 aromatic heterocycles. The molecule has 0 bridgehead atoms. The number of hydrogen-bond acceptors (Lipinski definition) is 3. The number of likely N-dealkylation sites (tertiary alicyclic amines) is 2. The number of nitrogens with zero attached hydrogens (tertiary/aromatic N) is 3. The Bertz CT molecular complexity index is 741. The fourth-order valence-corrected chi connectivity index (χ4v) is 5.26. The van der Waals surface area contributed by atoms with E-state index in [1.807, 2.05) is 19.1 Å².